The number of hydrogen-bond acceptors (Lipinski definition) is 2. The molecule has 0 aliphatic carbocycles. The standard InChI is InChI=1S/C28H25F7N2O/c29-24-7-5-20(6-8-24)25(10-12-37-11-9-19-3-1-2-4-21(19)17-37)26(38)36-16-18-13-22(27(30,31)32)15-23(14-18)28(33,34)35/h1-8,13-15,25H,9-12,16-17H2,(H,36,38)/t25-/m1/s1. The summed E-state index contributed by atoms with van der Waals surface area (Å²) in [6.45, 7) is 1.46. The Morgan fingerprint density at radius 3 is 2.08 bits per heavy atom. The summed E-state index contributed by atoms with van der Waals surface area (Å²) in [5.74, 6) is -1.84. The van der Waals surface area contributed by atoms with Crippen LogP contribution in [0.2, 0.25) is 0 Å². The van der Waals surface area contributed by atoms with Gasteiger partial charge in [-0.15, -0.1) is 0 Å². The molecule has 1 aliphatic rings. The minimum Gasteiger partial charge on any atom is -0.351 e. The third-order valence-corrected chi connectivity index (χ3v) is 6.65. The van der Waals surface area contributed by atoms with Gasteiger partial charge in [0, 0.05) is 19.6 Å². The highest BCUT2D eigenvalue weighted by molar-refractivity contribution is 5.83. The van der Waals surface area contributed by atoms with Crippen molar-refractivity contribution in [3.8, 4) is 0 Å². The average Bonchev–Trinajstić information content (AvgIpc) is 2.87. The van der Waals surface area contributed by atoms with Gasteiger partial charge in [0.25, 0.3) is 0 Å². The van der Waals surface area contributed by atoms with Gasteiger partial charge in [-0.25, -0.2) is 4.39 Å². The Bertz CT molecular complexity index is 1240. The van der Waals surface area contributed by atoms with Crippen LogP contribution in [0.5, 0.6) is 0 Å². The largest absolute Gasteiger partial charge is 0.416 e. The number of halogens is 7. The third-order valence-electron chi connectivity index (χ3n) is 6.65. The Hall–Kier alpha value is -3.40. The average molecular weight is 539 g/mol. The topological polar surface area (TPSA) is 32.3 Å². The first-order chi connectivity index (χ1) is 17.9. The molecule has 38 heavy (non-hydrogen) atoms. The number of rotatable bonds is 7. The SMILES string of the molecule is O=C(NCc1cc(C(F)(F)F)cc(C(F)(F)F)c1)[C@H](CCN1CCc2ccccc2C1)c1ccc(F)cc1. The Labute approximate surface area is 215 Å². The van der Waals surface area contributed by atoms with Crippen molar-refractivity contribution in [1.29, 1.82) is 0 Å². The molecule has 0 bridgehead atoms. The molecule has 1 atom stereocenters. The molecular weight excluding hydrogens is 513 g/mol. The zero-order valence-corrected chi connectivity index (χ0v) is 20.2. The van der Waals surface area contributed by atoms with Gasteiger partial charge in [0.2, 0.25) is 5.91 Å². The second-order valence-electron chi connectivity index (χ2n) is 9.32. The summed E-state index contributed by atoms with van der Waals surface area (Å²) < 4.78 is 92.7. The summed E-state index contributed by atoms with van der Waals surface area (Å²) in [6, 6.07) is 14.6. The fraction of sp³-hybridized carbons (Fsp3) is 0.321. The van der Waals surface area contributed by atoms with Gasteiger partial charge in [-0.2, -0.15) is 26.3 Å². The van der Waals surface area contributed by atoms with Crippen molar-refractivity contribution in [3.05, 3.63) is 106 Å². The van der Waals surface area contributed by atoms with Crippen molar-refractivity contribution in [2.75, 3.05) is 13.1 Å². The van der Waals surface area contributed by atoms with Gasteiger partial charge in [0.15, 0.2) is 0 Å². The van der Waals surface area contributed by atoms with Crippen molar-refractivity contribution in [3.63, 3.8) is 0 Å². The van der Waals surface area contributed by atoms with Crippen LogP contribution in [0.3, 0.4) is 0 Å². The number of nitrogens with one attached hydrogen (secondary N) is 1. The minimum atomic E-state index is -4.98. The number of carbonyl (C=O) groups is 1. The van der Waals surface area contributed by atoms with Crippen LogP contribution >= 0.6 is 0 Å². The van der Waals surface area contributed by atoms with E-state index in [2.05, 4.69) is 16.3 Å². The van der Waals surface area contributed by atoms with E-state index in [1.54, 1.807) is 0 Å². The second-order valence-corrected chi connectivity index (χ2v) is 9.32. The van der Waals surface area contributed by atoms with Crippen molar-refractivity contribution in [2.24, 2.45) is 0 Å². The van der Waals surface area contributed by atoms with E-state index in [0.29, 0.717) is 37.2 Å². The van der Waals surface area contributed by atoms with E-state index in [-0.39, 0.29) is 11.6 Å². The van der Waals surface area contributed by atoms with Gasteiger partial charge in [0.05, 0.1) is 17.0 Å². The Morgan fingerprint density at radius 2 is 1.47 bits per heavy atom. The highest BCUT2D eigenvalue weighted by atomic mass is 19.4. The maximum Gasteiger partial charge on any atom is 0.416 e. The molecule has 1 amide bonds. The lowest BCUT2D eigenvalue weighted by Crippen LogP contribution is -2.35. The highest BCUT2D eigenvalue weighted by Gasteiger charge is 2.37. The molecule has 0 fully saturated rings. The third kappa shape index (κ3) is 6.92. The fourth-order valence-electron chi connectivity index (χ4n) is 4.63. The molecule has 0 unspecified atom stereocenters. The molecule has 1 aliphatic heterocycles. The van der Waals surface area contributed by atoms with Crippen LogP contribution in [0.4, 0.5) is 30.7 Å². The summed E-state index contributed by atoms with van der Waals surface area (Å²) in [5.41, 5.74) is -0.274. The number of hydrogen-bond donors (Lipinski definition) is 1. The van der Waals surface area contributed by atoms with E-state index in [1.807, 2.05) is 18.2 Å². The molecule has 1 heterocycles. The van der Waals surface area contributed by atoms with E-state index in [4.69, 9.17) is 0 Å². The molecule has 3 nitrogen and oxygen atoms in total. The van der Waals surface area contributed by atoms with Gasteiger partial charge >= 0.3 is 12.4 Å². The van der Waals surface area contributed by atoms with E-state index in [0.717, 1.165) is 13.0 Å². The van der Waals surface area contributed by atoms with Crippen LogP contribution in [-0.2, 0) is 36.7 Å². The van der Waals surface area contributed by atoms with E-state index in [1.165, 1.54) is 35.4 Å². The molecule has 3 aromatic carbocycles. The van der Waals surface area contributed by atoms with Crippen LogP contribution in [0.15, 0.2) is 66.7 Å². The number of amides is 1. The van der Waals surface area contributed by atoms with Crippen LogP contribution in [-0.4, -0.2) is 23.9 Å². The van der Waals surface area contributed by atoms with Crippen molar-refractivity contribution < 1.29 is 35.5 Å². The van der Waals surface area contributed by atoms with Gasteiger partial charge in [-0.1, -0.05) is 36.4 Å². The number of alkyl halides is 6. The van der Waals surface area contributed by atoms with Gasteiger partial charge in [0.1, 0.15) is 5.82 Å². The Kier molecular flexibility index (Phi) is 8.10. The van der Waals surface area contributed by atoms with Crippen LogP contribution in [0, 0.1) is 5.82 Å². The van der Waals surface area contributed by atoms with E-state index < -0.39 is 47.7 Å². The number of nitrogens with zero attached hydrogens (tertiary/aromatic N) is 1. The molecular formula is C28H25F7N2O. The summed E-state index contributed by atoms with van der Waals surface area (Å²) in [4.78, 5) is 15.3. The van der Waals surface area contributed by atoms with Crippen molar-refractivity contribution in [1.82, 2.24) is 10.2 Å². The summed E-state index contributed by atoms with van der Waals surface area (Å²) >= 11 is 0. The van der Waals surface area contributed by atoms with Gasteiger partial charge in [-0.3, -0.25) is 9.69 Å². The predicted octanol–water partition coefficient (Wildman–Crippen LogP) is 6.71. The molecule has 1 N–H and O–H groups in total. The van der Waals surface area contributed by atoms with E-state index in [9.17, 15) is 35.5 Å². The molecule has 0 radical (unpaired) electrons. The lowest BCUT2D eigenvalue weighted by molar-refractivity contribution is -0.143. The lowest BCUT2D eigenvalue weighted by atomic mass is 9.93. The lowest BCUT2D eigenvalue weighted by Gasteiger charge is -2.30. The molecule has 0 aromatic heterocycles. The maximum atomic E-state index is 13.5. The monoisotopic (exact) mass is 538 g/mol. The summed E-state index contributed by atoms with van der Waals surface area (Å²) in [7, 11) is 0. The minimum absolute atomic E-state index is 0.0450. The number of benzene rings is 3. The molecule has 0 spiro atoms. The maximum absolute atomic E-state index is 13.5. The quantitative estimate of drug-likeness (QED) is 0.339. The molecule has 3 aromatic rings. The zero-order valence-electron chi connectivity index (χ0n) is 20.2. The Balaban J connectivity index is 1.50. The van der Waals surface area contributed by atoms with Crippen LogP contribution in [0.25, 0.3) is 0 Å². The summed E-state index contributed by atoms with van der Waals surface area (Å²) in [5, 5.41) is 2.49. The first kappa shape index (κ1) is 27.6. The molecule has 202 valence electrons. The molecule has 10 heteroatoms. The van der Waals surface area contributed by atoms with Crippen LogP contribution < -0.4 is 5.32 Å². The van der Waals surface area contributed by atoms with Crippen molar-refractivity contribution in [2.45, 2.75) is 44.2 Å². The Morgan fingerprint density at radius 1 is 0.868 bits per heavy atom. The summed E-state index contributed by atoms with van der Waals surface area (Å²) in [6.07, 6.45) is -8.79. The first-order valence-electron chi connectivity index (χ1n) is 12.0. The van der Waals surface area contributed by atoms with Gasteiger partial charge < -0.3 is 5.32 Å². The normalized spacial score (nSPS) is 15.1. The molecule has 0 saturated heterocycles. The first-order valence-corrected chi connectivity index (χ1v) is 12.0. The fourth-order valence-corrected chi connectivity index (χ4v) is 4.63. The molecule has 4 rings (SSSR count). The number of fused-ring (bicyclic) bond motifs is 1. The zero-order chi connectivity index (χ0) is 27.5. The van der Waals surface area contributed by atoms with Crippen molar-refractivity contribution >= 4 is 5.91 Å². The van der Waals surface area contributed by atoms with Crippen LogP contribution in [0.1, 0.15) is 45.7 Å². The highest BCUT2D eigenvalue weighted by Crippen LogP contribution is 2.36. The van der Waals surface area contributed by atoms with E-state index >= 15 is 0 Å². The second kappa shape index (κ2) is 11.1. The predicted molar refractivity (Wildman–Crippen MR) is 127 cm³/mol. The smallest absolute Gasteiger partial charge is 0.351 e. The van der Waals surface area contributed by atoms with Gasteiger partial charge in [-0.05, 0) is 72.0 Å². The number of carbonyl (C=O) groups excluding carboxylic acids is 1. The molecule has 0 saturated carbocycles.